The number of ether oxygens (including phenoxy) is 1. The van der Waals surface area contributed by atoms with E-state index in [-0.39, 0.29) is 17.1 Å². The van der Waals surface area contributed by atoms with Crippen LogP contribution in [0.15, 0.2) is 22.0 Å². The predicted octanol–water partition coefficient (Wildman–Crippen LogP) is 5.90. The number of rotatable bonds is 7. The van der Waals surface area contributed by atoms with E-state index in [1.54, 1.807) is 0 Å². The van der Waals surface area contributed by atoms with Crippen LogP contribution in [0.1, 0.15) is 41.5 Å². The molecule has 118 valence electrons. The first-order valence-electron chi connectivity index (χ1n) is 7.25. The van der Waals surface area contributed by atoms with E-state index in [1.165, 1.54) is 3.58 Å². The quantitative estimate of drug-likeness (QED) is 0.295. The average Bonchev–Trinajstić information content (AvgIpc) is 2.23. The molecule has 0 saturated heterocycles. The zero-order valence-corrected chi connectivity index (χ0v) is 17.5. The highest BCUT2D eigenvalue weighted by molar-refractivity contribution is 14.1. The molecule has 20 heavy (non-hydrogen) atoms. The zero-order chi connectivity index (χ0) is 16.1. The van der Waals surface area contributed by atoms with E-state index in [0.29, 0.717) is 6.61 Å². The number of allylic oxidation sites excluding steroid dienone is 1. The molecule has 4 heteroatoms. The van der Waals surface area contributed by atoms with Crippen molar-refractivity contribution in [3.05, 3.63) is 22.0 Å². The molecule has 0 unspecified atom stereocenters. The van der Waals surface area contributed by atoms with Crippen molar-refractivity contribution in [2.24, 2.45) is 5.92 Å². The Morgan fingerprint density at radius 2 is 1.85 bits per heavy atom. The molecule has 0 amide bonds. The fourth-order valence-corrected chi connectivity index (χ4v) is 3.58. The minimum Gasteiger partial charge on any atom is -0.496 e. The molecule has 2 atom stereocenters. The maximum absolute atomic E-state index is 6.55. The third kappa shape index (κ3) is 6.31. The molecule has 0 heterocycles. The lowest BCUT2D eigenvalue weighted by Gasteiger charge is -2.40. The number of hydrogen-bond acceptors (Lipinski definition) is 2. The van der Waals surface area contributed by atoms with Crippen LogP contribution in [-0.2, 0) is 9.16 Å². The molecule has 0 spiro atoms. The van der Waals surface area contributed by atoms with Crippen LogP contribution in [0.25, 0.3) is 0 Å². The standard InChI is InChI=1S/C16H31IO2Si/c1-10-18-14(4)15(12(2)11-13(3)17)19-20(8,9)16(5,6)7/h11-12,15H,4,10H2,1-3,5-9H3/b13-11+/t12-,15-/m0/s1. The van der Waals surface area contributed by atoms with Gasteiger partial charge in [0.15, 0.2) is 8.32 Å². The van der Waals surface area contributed by atoms with Crippen LogP contribution in [0.2, 0.25) is 18.1 Å². The molecule has 0 aromatic rings. The molecule has 0 rings (SSSR count). The first-order chi connectivity index (χ1) is 8.92. The Kier molecular flexibility index (Phi) is 8.06. The SMILES string of the molecule is C=C(OCC)[C@@H](O[Si](C)(C)C(C)(C)C)[C@@H](C)/C=C(\C)I. The Morgan fingerprint density at radius 1 is 1.35 bits per heavy atom. The van der Waals surface area contributed by atoms with E-state index in [0.717, 1.165) is 5.76 Å². The van der Waals surface area contributed by atoms with Gasteiger partial charge in [-0.05, 0) is 58.2 Å². The highest BCUT2D eigenvalue weighted by Crippen LogP contribution is 2.39. The van der Waals surface area contributed by atoms with Crippen LogP contribution in [0.4, 0.5) is 0 Å². The van der Waals surface area contributed by atoms with E-state index in [9.17, 15) is 0 Å². The van der Waals surface area contributed by atoms with Crippen molar-refractivity contribution in [3.8, 4) is 0 Å². The summed E-state index contributed by atoms with van der Waals surface area (Å²) in [6, 6.07) is 0. The number of hydrogen-bond donors (Lipinski definition) is 0. The third-order valence-electron chi connectivity index (χ3n) is 3.84. The van der Waals surface area contributed by atoms with E-state index in [2.05, 4.69) is 83.0 Å². The Hall–Kier alpha value is 0.187. The van der Waals surface area contributed by atoms with Crippen molar-refractivity contribution in [2.45, 2.75) is 65.8 Å². The Labute approximate surface area is 140 Å². The Balaban J connectivity index is 5.25. The molecule has 0 aliphatic carbocycles. The summed E-state index contributed by atoms with van der Waals surface area (Å²) in [5.74, 6) is 1.01. The molecule has 0 aromatic carbocycles. The average molecular weight is 410 g/mol. The zero-order valence-electron chi connectivity index (χ0n) is 14.3. The fourth-order valence-electron chi connectivity index (χ4n) is 1.68. The van der Waals surface area contributed by atoms with Crippen molar-refractivity contribution in [3.63, 3.8) is 0 Å². The molecule has 0 radical (unpaired) electrons. The summed E-state index contributed by atoms with van der Waals surface area (Å²) >= 11 is 2.34. The Morgan fingerprint density at radius 3 is 2.20 bits per heavy atom. The largest absolute Gasteiger partial charge is 0.496 e. The summed E-state index contributed by atoms with van der Waals surface area (Å²) in [7, 11) is -1.85. The second-order valence-electron chi connectivity index (χ2n) is 6.81. The van der Waals surface area contributed by atoms with Gasteiger partial charge >= 0.3 is 0 Å². The van der Waals surface area contributed by atoms with Gasteiger partial charge in [0.2, 0.25) is 0 Å². The summed E-state index contributed by atoms with van der Waals surface area (Å²) in [6.45, 7) is 22.3. The van der Waals surface area contributed by atoms with Gasteiger partial charge in [-0.3, -0.25) is 0 Å². The lowest BCUT2D eigenvalue weighted by molar-refractivity contribution is 0.0932. The van der Waals surface area contributed by atoms with Gasteiger partial charge in [0.25, 0.3) is 0 Å². The topological polar surface area (TPSA) is 18.5 Å². The monoisotopic (exact) mass is 410 g/mol. The molecule has 0 bridgehead atoms. The lowest BCUT2D eigenvalue weighted by Crippen LogP contribution is -2.46. The van der Waals surface area contributed by atoms with E-state index < -0.39 is 8.32 Å². The van der Waals surface area contributed by atoms with Gasteiger partial charge in [-0.1, -0.05) is 40.3 Å². The first-order valence-corrected chi connectivity index (χ1v) is 11.2. The molecule has 2 nitrogen and oxygen atoms in total. The smallest absolute Gasteiger partial charge is 0.193 e. The van der Waals surface area contributed by atoms with Crippen LogP contribution in [0.3, 0.4) is 0 Å². The van der Waals surface area contributed by atoms with Crippen molar-refractivity contribution < 1.29 is 9.16 Å². The maximum atomic E-state index is 6.55. The van der Waals surface area contributed by atoms with E-state index in [4.69, 9.17) is 9.16 Å². The van der Waals surface area contributed by atoms with Crippen molar-refractivity contribution in [2.75, 3.05) is 6.61 Å². The first kappa shape index (κ1) is 20.2. The molecule has 0 aliphatic heterocycles. The predicted molar refractivity (Wildman–Crippen MR) is 99.8 cm³/mol. The van der Waals surface area contributed by atoms with E-state index >= 15 is 0 Å². The van der Waals surface area contributed by atoms with Gasteiger partial charge in [0, 0.05) is 5.92 Å². The summed E-state index contributed by atoms with van der Waals surface area (Å²) in [6.07, 6.45) is 2.16. The van der Waals surface area contributed by atoms with Crippen molar-refractivity contribution in [1.82, 2.24) is 0 Å². The van der Waals surface area contributed by atoms with Gasteiger partial charge < -0.3 is 9.16 Å². The van der Waals surface area contributed by atoms with Crippen molar-refractivity contribution >= 4 is 30.9 Å². The van der Waals surface area contributed by atoms with Crippen LogP contribution in [0, 0.1) is 5.92 Å². The van der Waals surface area contributed by atoms with Crippen molar-refractivity contribution in [1.29, 1.82) is 0 Å². The summed E-state index contributed by atoms with van der Waals surface area (Å²) in [5.41, 5.74) is 0. The van der Waals surface area contributed by atoms with Gasteiger partial charge in [0.1, 0.15) is 11.9 Å². The van der Waals surface area contributed by atoms with Gasteiger partial charge in [-0.25, -0.2) is 0 Å². The summed E-state index contributed by atoms with van der Waals surface area (Å²) in [5, 5.41) is 0.181. The summed E-state index contributed by atoms with van der Waals surface area (Å²) in [4.78, 5) is 0. The highest BCUT2D eigenvalue weighted by Gasteiger charge is 2.40. The molecule has 0 aromatic heterocycles. The minimum atomic E-state index is -1.85. The molecule has 0 fully saturated rings. The van der Waals surface area contributed by atoms with E-state index in [1.807, 2.05) is 6.92 Å². The second-order valence-corrected chi connectivity index (χ2v) is 13.3. The van der Waals surface area contributed by atoms with Crippen LogP contribution >= 0.6 is 22.6 Å². The van der Waals surface area contributed by atoms with Gasteiger partial charge in [-0.15, -0.1) is 0 Å². The normalized spacial score (nSPS) is 16.8. The third-order valence-corrected chi connectivity index (χ3v) is 8.66. The van der Waals surface area contributed by atoms with Crippen LogP contribution in [-0.4, -0.2) is 21.0 Å². The minimum absolute atomic E-state index is 0.0689. The molecule has 0 aliphatic rings. The van der Waals surface area contributed by atoms with Gasteiger partial charge in [-0.2, -0.15) is 0 Å². The molecular weight excluding hydrogens is 379 g/mol. The maximum Gasteiger partial charge on any atom is 0.193 e. The lowest BCUT2D eigenvalue weighted by atomic mass is 10.0. The van der Waals surface area contributed by atoms with Gasteiger partial charge in [0.05, 0.1) is 6.61 Å². The second kappa shape index (κ2) is 7.99. The molecular formula is C16H31IO2Si. The van der Waals surface area contributed by atoms with Crippen LogP contribution in [0.5, 0.6) is 0 Å². The Bertz CT molecular complexity index is 352. The number of halogens is 1. The fraction of sp³-hybridized carbons (Fsp3) is 0.750. The molecule has 0 N–H and O–H groups in total. The molecule has 0 saturated carbocycles. The van der Waals surface area contributed by atoms with Crippen LogP contribution < -0.4 is 0 Å². The summed E-state index contributed by atoms with van der Waals surface area (Å²) < 4.78 is 13.4. The highest BCUT2D eigenvalue weighted by atomic mass is 127.